The third kappa shape index (κ3) is 7.71. The highest BCUT2D eigenvalue weighted by atomic mass is 35.5. The zero-order valence-corrected chi connectivity index (χ0v) is 18.5. The fourth-order valence-corrected chi connectivity index (χ4v) is 6.12. The normalized spacial score (nSPS) is 20.3. The van der Waals surface area contributed by atoms with Crippen LogP contribution < -0.4 is 0 Å². The largest absolute Gasteiger partial charge is 0.345 e. The molecular formula is C20H31ClN2OS2. The lowest BCUT2D eigenvalue weighted by Gasteiger charge is -2.31. The average molecular weight is 415 g/mol. The molecule has 0 aliphatic heterocycles. The molecule has 1 aromatic rings. The Kier molecular flexibility index (Phi) is 9.68. The minimum Gasteiger partial charge on any atom is -0.345 e. The molecule has 2 rings (SSSR count). The highest BCUT2D eigenvalue weighted by Gasteiger charge is 2.27. The molecule has 146 valence electrons. The van der Waals surface area contributed by atoms with Crippen molar-refractivity contribution in [2.24, 2.45) is 0 Å². The smallest absolute Gasteiger partial charge is 0.232 e. The summed E-state index contributed by atoms with van der Waals surface area (Å²) in [6.07, 6.45) is 6.05. The summed E-state index contributed by atoms with van der Waals surface area (Å²) < 4.78 is 0. The van der Waals surface area contributed by atoms with Crippen LogP contribution in [0.25, 0.3) is 0 Å². The number of benzene rings is 1. The van der Waals surface area contributed by atoms with E-state index in [0.717, 1.165) is 24.5 Å². The summed E-state index contributed by atoms with van der Waals surface area (Å²) in [5, 5.41) is 1.93. The molecule has 1 aliphatic rings. The SMILES string of the molecule is CN(C)CCCN(C)C(=O)CS[C@@H]1CCCC[C@H]1Sc1ccc(Cl)cc1. The van der Waals surface area contributed by atoms with Crippen LogP contribution in [0.4, 0.5) is 0 Å². The second-order valence-corrected chi connectivity index (χ2v) is 10.2. The molecule has 0 saturated heterocycles. The molecule has 0 bridgehead atoms. The Morgan fingerprint density at radius 2 is 1.73 bits per heavy atom. The van der Waals surface area contributed by atoms with E-state index in [4.69, 9.17) is 11.6 Å². The van der Waals surface area contributed by atoms with Crippen LogP contribution in [-0.2, 0) is 4.79 Å². The van der Waals surface area contributed by atoms with E-state index in [1.165, 1.54) is 30.6 Å². The summed E-state index contributed by atoms with van der Waals surface area (Å²) in [4.78, 5) is 17.8. The first-order valence-corrected chi connectivity index (χ1v) is 11.7. The number of carbonyl (C=O) groups is 1. The molecule has 3 nitrogen and oxygen atoms in total. The monoisotopic (exact) mass is 414 g/mol. The van der Waals surface area contributed by atoms with E-state index in [2.05, 4.69) is 31.1 Å². The standard InChI is InChI=1S/C20H31ClN2OS2/c1-22(2)13-6-14-23(3)20(24)15-25-18-7-4-5-8-19(18)26-17-11-9-16(21)10-12-17/h9-12,18-19H,4-8,13-15H2,1-3H3/t18-,19-/m1/s1. The van der Waals surface area contributed by atoms with Crippen LogP contribution in [0.15, 0.2) is 29.2 Å². The number of hydrogen-bond acceptors (Lipinski definition) is 4. The van der Waals surface area contributed by atoms with Crippen LogP contribution in [0.2, 0.25) is 5.02 Å². The number of thioether (sulfide) groups is 2. The summed E-state index contributed by atoms with van der Waals surface area (Å²) in [6, 6.07) is 8.13. The Morgan fingerprint density at radius 1 is 1.08 bits per heavy atom. The van der Waals surface area contributed by atoms with Crippen LogP contribution in [0.3, 0.4) is 0 Å². The van der Waals surface area contributed by atoms with Crippen LogP contribution >= 0.6 is 35.1 Å². The number of carbonyl (C=O) groups excluding carboxylic acids is 1. The third-order valence-corrected chi connectivity index (χ3v) is 7.93. The van der Waals surface area contributed by atoms with Crippen molar-refractivity contribution in [3.8, 4) is 0 Å². The van der Waals surface area contributed by atoms with Gasteiger partial charge in [-0.2, -0.15) is 0 Å². The molecule has 0 spiro atoms. The van der Waals surface area contributed by atoms with Gasteiger partial charge >= 0.3 is 0 Å². The molecular weight excluding hydrogens is 384 g/mol. The molecule has 0 radical (unpaired) electrons. The Labute approximate surface area is 172 Å². The van der Waals surface area contributed by atoms with Crippen LogP contribution in [0.1, 0.15) is 32.1 Å². The van der Waals surface area contributed by atoms with Crippen molar-refractivity contribution in [3.63, 3.8) is 0 Å². The quantitative estimate of drug-likeness (QED) is 0.574. The highest BCUT2D eigenvalue weighted by Crippen LogP contribution is 2.39. The van der Waals surface area contributed by atoms with Gasteiger partial charge in [-0.15, -0.1) is 23.5 Å². The fraction of sp³-hybridized carbons (Fsp3) is 0.650. The zero-order chi connectivity index (χ0) is 18.9. The first-order valence-electron chi connectivity index (χ1n) is 9.38. The van der Waals surface area contributed by atoms with E-state index in [0.29, 0.717) is 16.3 Å². The van der Waals surface area contributed by atoms with Crippen molar-refractivity contribution in [2.45, 2.75) is 47.5 Å². The van der Waals surface area contributed by atoms with Crippen LogP contribution in [-0.4, -0.2) is 66.2 Å². The van der Waals surface area contributed by atoms with Crippen molar-refractivity contribution in [2.75, 3.05) is 40.0 Å². The Bertz CT molecular complexity index is 553. The maximum Gasteiger partial charge on any atom is 0.232 e. The molecule has 0 N–H and O–H groups in total. The molecule has 1 saturated carbocycles. The number of amides is 1. The van der Waals surface area contributed by atoms with Crippen LogP contribution in [0.5, 0.6) is 0 Å². The van der Waals surface area contributed by atoms with Crippen molar-refractivity contribution in [3.05, 3.63) is 29.3 Å². The van der Waals surface area contributed by atoms with Gasteiger partial charge in [0.2, 0.25) is 5.91 Å². The topological polar surface area (TPSA) is 23.6 Å². The number of rotatable bonds is 9. The Balaban J connectivity index is 1.79. The summed E-state index contributed by atoms with van der Waals surface area (Å²) >= 11 is 9.80. The summed E-state index contributed by atoms with van der Waals surface area (Å²) in [5.74, 6) is 0.857. The van der Waals surface area contributed by atoms with Gasteiger partial charge < -0.3 is 9.80 Å². The first-order chi connectivity index (χ1) is 12.5. The number of nitrogens with zero attached hydrogens (tertiary/aromatic N) is 2. The summed E-state index contributed by atoms with van der Waals surface area (Å²) in [6.45, 7) is 1.86. The zero-order valence-electron chi connectivity index (χ0n) is 16.1. The third-order valence-electron chi connectivity index (χ3n) is 4.69. The average Bonchev–Trinajstić information content (AvgIpc) is 2.62. The minimum absolute atomic E-state index is 0.259. The van der Waals surface area contributed by atoms with Crippen molar-refractivity contribution in [1.82, 2.24) is 9.80 Å². The van der Waals surface area contributed by atoms with Gasteiger partial charge in [0.1, 0.15) is 0 Å². The van der Waals surface area contributed by atoms with E-state index in [-0.39, 0.29) is 5.91 Å². The number of halogens is 1. The van der Waals surface area contributed by atoms with Crippen molar-refractivity contribution >= 4 is 41.0 Å². The Hall–Kier alpha value is -0.360. The maximum absolute atomic E-state index is 12.4. The van der Waals surface area contributed by atoms with Crippen molar-refractivity contribution in [1.29, 1.82) is 0 Å². The molecule has 0 aromatic heterocycles. The van der Waals surface area contributed by atoms with Gasteiger partial charge in [0.25, 0.3) is 0 Å². The highest BCUT2D eigenvalue weighted by molar-refractivity contribution is 8.04. The van der Waals surface area contributed by atoms with Gasteiger partial charge in [0, 0.05) is 34.0 Å². The van der Waals surface area contributed by atoms with Gasteiger partial charge in [-0.1, -0.05) is 24.4 Å². The maximum atomic E-state index is 12.4. The van der Waals surface area contributed by atoms with Gasteiger partial charge in [0.05, 0.1) is 5.75 Å². The second-order valence-electron chi connectivity index (χ2n) is 7.22. The van der Waals surface area contributed by atoms with E-state index in [1.807, 2.05) is 47.6 Å². The lowest BCUT2D eigenvalue weighted by molar-refractivity contribution is -0.127. The molecule has 1 aromatic carbocycles. The summed E-state index contributed by atoms with van der Waals surface area (Å²) in [5.41, 5.74) is 0. The van der Waals surface area contributed by atoms with E-state index in [1.54, 1.807) is 0 Å². The lowest BCUT2D eigenvalue weighted by atomic mass is 10.00. The molecule has 1 aliphatic carbocycles. The van der Waals surface area contributed by atoms with Gasteiger partial charge in [-0.05, 0) is 64.2 Å². The first kappa shape index (κ1) is 21.9. The predicted octanol–water partition coefficient (Wildman–Crippen LogP) is 4.89. The molecule has 6 heteroatoms. The second kappa shape index (κ2) is 11.5. The van der Waals surface area contributed by atoms with E-state index < -0.39 is 0 Å². The minimum atomic E-state index is 0.259. The molecule has 1 fully saturated rings. The van der Waals surface area contributed by atoms with E-state index >= 15 is 0 Å². The molecule has 1 amide bonds. The van der Waals surface area contributed by atoms with Crippen molar-refractivity contribution < 1.29 is 4.79 Å². The summed E-state index contributed by atoms with van der Waals surface area (Å²) in [7, 11) is 6.07. The fourth-order valence-electron chi connectivity index (χ4n) is 3.11. The van der Waals surface area contributed by atoms with Gasteiger partial charge in [0.15, 0.2) is 0 Å². The Morgan fingerprint density at radius 3 is 2.38 bits per heavy atom. The number of hydrogen-bond donors (Lipinski definition) is 0. The van der Waals surface area contributed by atoms with E-state index in [9.17, 15) is 4.79 Å². The lowest BCUT2D eigenvalue weighted by Crippen LogP contribution is -2.33. The van der Waals surface area contributed by atoms with Crippen LogP contribution in [0, 0.1) is 0 Å². The molecule has 2 atom stereocenters. The predicted molar refractivity (Wildman–Crippen MR) is 117 cm³/mol. The van der Waals surface area contributed by atoms with Gasteiger partial charge in [-0.3, -0.25) is 4.79 Å². The molecule has 26 heavy (non-hydrogen) atoms. The molecule has 0 unspecified atom stereocenters. The molecule has 0 heterocycles. The van der Waals surface area contributed by atoms with Gasteiger partial charge in [-0.25, -0.2) is 0 Å².